The fourth-order valence-electron chi connectivity index (χ4n) is 1.47. The second-order valence-corrected chi connectivity index (χ2v) is 6.62. The monoisotopic (exact) mass is 256 g/mol. The Morgan fingerprint density at radius 2 is 1.59 bits per heavy atom. The third-order valence-electron chi connectivity index (χ3n) is 2.55. The Kier molecular flexibility index (Phi) is 3.31. The zero-order valence-electron chi connectivity index (χ0n) is 10.0. The molecule has 0 heterocycles. The van der Waals surface area contributed by atoms with Crippen LogP contribution in [0.2, 0.25) is 0 Å². The van der Waals surface area contributed by atoms with Gasteiger partial charge in [-0.2, -0.15) is 0 Å². The molecule has 4 N–H and O–H groups in total. The van der Waals surface area contributed by atoms with Crippen molar-refractivity contribution < 1.29 is 13.2 Å². The van der Waals surface area contributed by atoms with Gasteiger partial charge in [0.1, 0.15) is 0 Å². The topological polar surface area (TPSA) is 103 Å². The molecule has 0 spiro atoms. The average molecular weight is 256 g/mol. The number of rotatable bonds is 3. The third kappa shape index (κ3) is 2.32. The van der Waals surface area contributed by atoms with E-state index >= 15 is 0 Å². The maximum absolute atomic E-state index is 12.2. The van der Waals surface area contributed by atoms with E-state index in [9.17, 15) is 13.2 Å². The Labute approximate surface area is 101 Å². The minimum atomic E-state index is -3.98. The van der Waals surface area contributed by atoms with Gasteiger partial charge in [0.15, 0.2) is 4.87 Å². The van der Waals surface area contributed by atoms with Gasteiger partial charge in [-0.3, -0.25) is 4.79 Å². The van der Waals surface area contributed by atoms with Crippen molar-refractivity contribution in [1.82, 2.24) is 0 Å². The molecule has 0 radical (unpaired) electrons. The van der Waals surface area contributed by atoms with Crippen molar-refractivity contribution in [2.24, 2.45) is 11.5 Å². The van der Waals surface area contributed by atoms with Gasteiger partial charge in [-0.25, -0.2) is 8.42 Å². The first-order valence-corrected chi connectivity index (χ1v) is 6.49. The van der Waals surface area contributed by atoms with E-state index in [1.165, 1.54) is 12.1 Å². The first-order valence-electron chi connectivity index (χ1n) is 5.01. The van der Waals surface area contributed by atoms with E-state index in [2.05, 4.69) is 0 Å². The Bertz CT molecular complexity index is 542. The first-order chi connectivity index (χ1) is 7.59. The van der Waals surface area contributed by atoms with Crippen LogP contribution in [0.25, 0.3) is 0 Å². The van der Waals surface area contributed by atoms with Crippen LogP contribution in [0.4, 0.5) is 0 Å². The molecule has 1 unspecified atom stereocenters. The van der Waals surface area contributed by atoms with Crippen molar-refractivity contribution in [3.63, 3.8) is 0 Å². The molecule has 1 aromatic rings. The molecule has 0 aliphatic rings. The first kappa shape index (κ1) is 13.7. The van der Waals surface area contributed by atoms with Crippen LogP contribution in [-0.2, 0) is 14.6 Å². The normalized spacial score (nSPS) is 15.3. The standard InChI is InChI=1S/C11H16N2O3S/c1-7-4-8(2)6-9(5-7)17(15,16)11(3,13)10(12)14/h4-6H,13H2,1-3H3,(H2,12,14). The third-order valence-corrected chi connectivity index (χ3v) is 4.73. The van der Waals surface area contributed by atoms with Gasteiger partial charge in [0.05, 0.1) is 4.90 Å². The van der Waals surface area contributed by atoms with Crippen LogP contribution in [0.15, 0.2) is 23.1 Å². The van der Waals surface area contributed by atoms with E-state index in [0.717, 1.165) is 18.1 Å². The summed E-state index contributed by atoms with van der Waals surface area (Å²) in [5.74, 6) is -1.07. The lowest BCUT2D eigenvalue weighted by Crippen LogP contribution is -2.55. The lowest BCUT2D eigenvalue weighted by atomic mass is 10.2. The van der Waals surface area contributed by atoms with Gasteiger partial charge in [-0.05, 0) is 44.0 Å². The summed E-state index contributed by atoms with van der Waals surface area (Å²) < 4.78 is 24.3. The number of hydrogen-bond donors (Lipinski definition) is 2. The molecule has 0 saturated carbocycles. The predicted molar refractivity (Wildman–Crippen MR) is 64.9 cm³/mol. The second kappa shape index (κ2) is 4.12. The van der Waals surface area contributed by atoms with Crippen LogP contribution in [0.1, 0.15) is 18.1 Å². The number of benzene rings is 1. The summed E-state index contributed by atoms with van der Waals surface area (Å²) in [6.07, 6.45) is 0. The summed E-state index contributed by atoms with van der Waals surface area (Å²) >= 11 is 0. The van der Waals surface area contributed by atoms with Gasteiger partial charge in [-0.15, -0.1) is 0 Å². The number of sulfone groups is 1. The fourth-order valence-corrected chi connectivity index (χ4v) is 2.90. The number of nitrogens with two attached hydrogens (primary N) is 2. The quantitative estimate of drug-likeness (QED) is 0.808. The molecule has 1 atom stereocenters. The summed E-state index contributed by atoms with van der Waals surface area (Å²) in [7, 11) is -3.98. The summed E-state index contributed by atoms with van der Waals surface area (Å²) in [5, 5.41) is 0. The molecule has 0 fully saturated rings. The summed E-state index contributed by atoms with van der Waals surface area (Å²) in [4.78, 5) is 9.04. The molecule has 94 valence electrons. The summed E-state index contributed by atoms with van der Waals surface area (Å²) in [5.41, 5.74) is 12.1. The smallest absolute Gasteiger partial charge is 0.253 e. The van der Waals surface area contributed by atoms with Gasteiger partial charge < -0.3 is 11.5 Å². The molecule has 1 amide bonds. The van der Waals surface area contributed by atoms with Crippen LogP contribution in [0.5, 0.6) is 0 Å². The van der Waals surface area contributed by atoms with Gasteiger partial charge in [0.25, 0.3) is 5.91 Å². The Balaban J connectivity index is 3.47. The minimum Gasteiger partial charge on any atom is -0.367 e. The lowest BCUT2D eigenvalue weighted by molar-refractivity contribution is -0.120. The van der Waals surface area contributed by atoms with Gasteiger partial charge >= 0.3 is 0 Å². The zero-order chi connectivity index (χ0) is 13.4. The molecule has 5 nitrogen and oxygen atoms in total. The van der Waals surface area contributed by atoms with Crippen molar-refractivity contribution in [2.75, 3.05) is 0 Å². The van der Waals surface area contributed by atoms with Crippen molar-refractivity contribution in [2.45, 2.75) is 30.5 Å². The molecule has 0 aliphatic heterocycles. The minimum absolute atomic E-state index is 0.0128. The maximum Gasteiger partial charge on any atom is 0.253 e. The van der Waals surface area contributed by atoms with E-state index in [4.69, 9.17) is 11.5 Å². The maximum atomic E-state index is 12.2. The zero-order valence-corrected chi connectivity index (χ0v) is 10.8. The Morgan fingerprint density at radius 1 is 1.18 bits per heavy atom. The number of primary amides is 1. The number of hydrogen-bond acceptors (Lipinski definition) is 4. The molecule has 0 bridgehead atoms. The van der Waals surface area contributed by atoms with E-state index in [1.807, 2.05) is 6.07 Å². The number of amides is 1. The molecular formula is C11H16N2O3S. The van der Waals surface area contributed by atoms with Crippen LogP contribution < -0.4 is 11.5 Å². The van der Waals surface area contributed by atoms with Crippen molar-refractivity contribution in [3.05, 3.63) is 29.3 Å². The van der Waals surface area contributed by atoms with Crippen molar-refractivity contribution >= 4 is 15.7 Å². The highest BCUT2D eigenvalue weighted by Gasteiger charge is 2.42. The largest absolute Gasteiger partial charge is 0.367 e. The van der Waals surface area contributed by atoms with Crippen LogP contribution in [0, 0.1) is 13.8 Å². The van der Waals surface area contributed by atoms with E-state index < -0.39 is 20.6 Å². The van der Waals surface area contributed by atoms with Crippen molar-refractivity contribution in [3.8, 4) is 0 Å². The molecule has 0 aromatic heterocycles. The molecular weight excluding hydrogens is 240 g/mol. The average Bonchev–Trinajstić information content (AvgIpc) is 2.15. The van der Waals surface area contributed by atoms with Crippen LogP contribution in [-0.4, -0.2) is 19.2 Å². The highest BCUT2D eigenvalue weighted by atomic mass is 32.2. The fraction of sp³-hybridized carbons (Fsp3) is 0.364. The SMILES string of the molecule is Cc1cc(C)cc(S(=O)(=O)C(C)(N)C(N)=O)c1. The molecule has 17 heavy (non-hydrogen) atoms. The lowest BCUT2D eigenvalue weighted by Gasteiger charge is -2.21. The van der Waals surface area contributed by atoms with E-state index in [0.29, 0.717) is 0 Å². The highest BCUT2D eigenvalue weighted by Crippen LogP contribution is 2.23. The molecule has 1 aromatic carbocycles. The summed E-state index contributed by atoms with van der Waals surface area (Å²) in [6.45, 7) is 4.64. The van der Waals surface area contributed by atoms with Crippen LogP contribution in [0.3, 0.4) is 0 Å². The highest BCUT2D eigenvalue weighted by molar-refractivity contribution is 7.93. The number of carbonyl (C=O) groups is 1. The molecule has 0 aliphatic carbocycles. The predicted octanol–water partition coefficient (Wildman–Crippen LogP) is 0.237. The number of aryl methyl sites for hydroxylation is 2. The Morgan fingerprint density at radius 3 is 1.94 bits per heavy atom. The van der Waals surface area contributed by atoms with E-state index in [1.54, 1.807) is 13.8 Å². The molecule has 1 rings (SSSR count). The van der Waals surface area contributed by atoms with Gasteiger partial charge in [-0.1, -0.05) is 6.07 Å². The number of carbonyl (C=O) groups excluding carboxylic acids is 1. The van der Waals surface area contributed by atoms with E-state index in [-0.39, 0.29) is 4.90 Å². The summed E-state index contributed by atoms with van der Waals surface area (Å²) in [6, 6.07) is 4.77. The van der Waals surface area contributed by atoms with Crippen molar-refractivity contribution in [1.29, 1.82) is 0 Å². The Hall–Kier alpha value is -1.40. The van der Waals surface area contributed by atoms with Gasteiger partial charge in [0.2, 0.25) is 9.84 Å². The molecule has 0 saturated heterocycles. The second-order valence-electron chi connectivity index (χ2n) is 4.30. The van der Waals surface area contributed by atoms with Gasteiger partial charge in [0, 0.05) is 0 Å². The van der Waals surface area contributed by atoms with Crippen LogP contribution >= 0.6 is 0 Å². The molecule has 6 heteroatoms.